The molecular weight excluding hydrogens is 356 g/mol. The average molecular weight is 369 g/mol. The van der Waals surface area contributed by atoms with Gasteiger partial charge in [0, 0.05) is 0 Å². The van der Waals surface area contributed by atoms with Gasteiger partial charge in [-0.25, -0.2) is 0 Å². The van der Waals surface area contributed by atoms with Crippen molar-refractivity contribution in [2.24, 2.45) is 0 Å². The number of H-pyrrole nitrogens is 1. The van der Waals surface area contributed by atoms with Crippen molar-refractivity contribution in [3.63, 3.8) is 0 Å². The minimum atomic E-state index is 0. The molecule has 1 N–H and O–H groups in total. The number of allylic oxidation sites excluding steroid dienone is 1. The second kappa shape index (κ2) is 8.79. The van der Waals surface area contributed by atoms with Crippen molar-refractivity contribution in [1.29, 1.82) is 0 Å². The number of hydrogen-bond donors (Lipinski definition) is 1. The number of benzene rings is 1. The van der Waals surface area contributed by atoms with Crippen LogP contribution in [0.25, 0.3) is 0 Å². The van der Waals surface area contributed by atoms with Crippen LogP contribution >= 0.6 is 0 Å². The molecule has 4 heteroatoms. The molecule has 0 amide bonds. The Morgan fingerprint density at radius 2 is 1.89 bits per heavy atom. The summed E-state index contributed by atoms with van der Waals surface area (Å²) in [5.41, 5.74) is 4.38. The van der Waals surface area contributed by atoms with Crippen molar-refractivity contribution in [2.45, 2.75) is 18.8 Å². The summed E-state index contributed by atoms with van der Waals surface area (Å²) >= 11 is 0. The van der Waals surface area contributed by atoms with Crippen LogP contribution in [-0.4, -0.2) is 4.98 Å². The van der Waals surface area contributed by atoms with Gasteiger partial charge in [-0.3, -0.25) is 0 Å². The summed E-state index contributed by atoms with van der Waals surface area (Å²) in [4.78, 5) is 2.74. The maximum atomic E-state index is 3.45. The van der Waals surface area contributed by atoms with Gasteiger partial charge in [-0.05, 0) is 6.42 Å². The molecule has 1 heterocycles. The standard InChI is InChI=1S/C11H9.C4H4N.2ClH.Zr/c1-2-4-10-8(3-1)7-9-5-6-11(9)10;1-2-4-5-3-1;;;/h1-4,11H,5-6H2;1-3,5H;2*1H;/q2*-1;;;+4/p-2. The third-order valence-electron chi connectivity index (χ3n) is 3.20. The van der Waals surface area contributed by atoms with Gasteiger partial charge in [0.25, 0.3) is 0 Å². The molecule has 2 aromatic rings. The van der Waals surface area contributed by atoms with Crippen molar-refractivity contribution in [1.82, 2.24) is 4.98 Å². The molecular formula is C15H13Cl2NZr. The van der Waals surface area contributed by atoms with E-state index >= 15 is 0 Å². The minimum absolute atomic E-state index is 0. The molecule has 0 aliphatic heterocycles. The number of hydrogen-bond acceptors (Lipinski definition) is 0. The fraction of sp³-hybridized carbons (Fsp3) is 0.200. The van der Waals surface area contributed by atoms with Crippen molar-refractivity contribution >= 4 is 0 Å². The van der Waals surface area contributed by atoms with Gasteiger partial charge in [0.15, 0.2) is 0 Å². The van der Waals surface area contributed by atoms with Crippen LogP contribution in [0.3, 0.4) is 0 Å². The molecule has 96 valence electrons. The van der Waals surface area contributed by atoms with Crippen LogP contribution < -0.4 is 24.8 Å². The Morgan fingerprint density at radius 3 is 2.42 bits per heavy atom. The Balaban J connectivity index is 0.000000357. The first-order valence-electron chi connectivity index (χ1n) is 5.66. The molecule has 1 fully saturated rings. The summed E-state index contributed by atoms with van der Waals surface area (Å²) in [6, 6.07) is 12.3. The molecule has 19 heavy (non-hydrogen) atoms. The zero-order valence-corrected chi connectivity index (χ0v) is 14.3. The third-order valence-corrected chi connectivity index (χ3v) is 3.20. The maximum absolute atomic E-state index is 3.45. The molecule has 1 nitrogen and oxygen atoms in total. The van der Waals surface area contributed by atoms with E-state index in [2.05, 4.69) is 41.5 Å². The summed E-state index contributed by atoms with van der Waals surface area (Å²) in [6.45, 7) is 0. The van der Waals surface area contributed by atoms with E-state index in [9.17, 15) is 0 Å². The van der Waals surface area contributed by atoms with Gasteiger partial charge in [-0.2, -0.15) is 36.0 Å². The van der Waals surface area contributed by atoms with E-state index in [0.717, 1.165) is 5.92 Å². The summed E-state index contributed by atoms with van der Waals surface area (Å²) in [5, 5.41) is 0. The van der Waals surface area contributed by atoms with Gasteiger partial charge in [-0.15, -0.1) is 29.5 Å². The monoisotopic (exact) mass is 367 g/mol. The summed E-state index contributed by atoms with van der Waals surface area (Å²) in [6.07, 6.45) is 10.6. The Morgan fingerprint density at radius 1 is 1.11 bits per heavy atom. The van der Waals surface area contributed by atoms with Crippen LogP contribution in [0.5, 0.6) is 0 Å². The van der Waals surface area contributed by atoms with E-state index < -0.39 is 0 Å². The largest absolute Gasteiger partial charge is 4.00 e. The van der Waals surface area contributed by atoms with Gasteiger partial charge >= 0.3 is 26.2 Å². The van der Waals surface area contributed by atoms with E-state index in [1.165, 1.54) is 29.5 Å². The second-order valence-electron chi connectivity index (χ2n) is 4.14. The van der Waals surface area contributed by atoms with Crippen LogP contribution in [0.1, 0.15) is 29.9 Å². The summed E-state index contributed by atoms with van der Waals surface area (Å²) in [5.74, 6) is 0.756. The van der Waals surface area contributed by atoms with E-state index in [0.29, 0.717) is 0 Å². The number of rotatable bonds is 0. The molecule has 1 saturated carbocycles. The molecule has 0 bridgehead atoms. The SMILES string of the molecule is [C-]1=C2CCC2c2ccccc21.[Cl-].[Cl-].[Zr+4].[c-]1ccc[nH]1. The van der Waals surface area contributed by atoms with Crippen LogP contribution in [0.2, 0.25) is 0 Å². The first-order valence-corrected chi connectivity index (χ1v) is 5.66. The van der Waals surface area contributed by atoms with Crippen molar-refractivity contribution < 1.29 is 51.0 Å². The third kappa shape index (κ3) is 4.08. The zero-order chi connectivity index (χ0) is 10.8. The zero-order valence-electron chi connectivity index (χ0n) is 10.3. The molecule has 1 aromatic carbocycles. The Kier molecular flexibility index (Phi) is 8.65. The molecule has 0 saturated heterocycles. The predicted octanol–water partition coefficient (Wildman–Crippen LogP) is -2.52. The number of nitrogens with one attached hydrogen (secondary N) is 1. The number of aromatic amines is 1. The van der Waals surface area contributed by atoms with Crippen molar-refractivity contribution in [2.75, 3.05) is 0 Å². The second-order valence-corrected chi connectivity index (χ2v) is 4.14. The summed E-state index contributed by atoms with van der Waals surface area (Å²) < 4.78 is 0. The van der Waals surface area contributed by atoms with E-state index in [1.54, 1.807) is 0 Å². The van der Waals surface area contributed by atoms with Gasteiger partial charge < -0.3 is 29.8 Å². The topological polar surface area (TPSA) is 15.8 Å². The molecule has 1 atom stereocenters. The fourth-order valence-corrected chi connectivity index (χ4v) is 2.25. The number of halogens is 2. The Labute approximate surface area is 145 Å². The van der Waals surface area contributed by atoms with Crippen molar-refractivity contribution in [3.05, 3.63) is 71.6 Å². The van der Waals surface area contributed by atoms with E-state index in [1.807, 2.05) is 18.3 Å². The predicted molar refractivity (Wildman–Crippen MR) is 63.9 cm³/mol. The first kappa shape index (κ1) is 18.7. The number of fused-ring (bicyclic) bond motifs is 3. The Hall–Kier alpha value is -0.297. The van der Waals surface area contributed by atoms with E-state index in [-0.39, 0.29) is 51.0 Å². The normalized spacial score (nSPS) is 16.6. The fourth-order valence-electron chi connectivity index (χ4n) is 2.25. The van der Waals surface area contributed by atoms with Gasteiger partial charge in [0.1, 0.15) is 0 Å². The van der Waals surface area contributed by atoms with Crippen LogP contribution in [-0.2, 0) is 26.2 Å². The van der Waals surface area contributed by atoms with Gasteiger partial charge in [-0.1, -0.05) is 18.4 Å². The summed E-state index contributed by atoms with van der Waals surface area (Å²) in [7, 11) is 0. The number of aromatic nitrogens is 1. The van der Waals surface area contributed by atoms with Gasteiger partial charge in [0.05, 0.1) is 0 Å². The first-order chi connectivity index (χ1) is 7.95. The molecule has 1 unspecified atom stereocenters. The molecule has 4 rings (SSSR count). The molecule has 1 aromatic heterocycles. The van der Waals surface area contributed by atoms with Crippen molar-refractivity contribution in [3.8, 4) is 0 Å². The quantitative estimate of drug-likeness (QED) is 0.494. The molecule has 2 aliphatic rings. The molecule has 2 aliphatic carbocycles. The van der Waals surface area contributed by atoms with E-state index in [4.69, 9.17) is 0 Å². The minimum Gasteiger partial charge on any atom is -1.00 e. The smallest absolute Gasteiger partial charge is 1.00 e. The molecule has 0 spiro atoms. The Bertz CT molecular complexity index is 491. The van der Waals surface area contributed by atoms with Crippen LogP contribution in [0.15, 0.2) is 48.2 Å². The van der Waals surface area contributed by atoms with Gasteiger partial charge in [0.2, 0.25) is 0 Å². The maximum Gasteiger partial charge on any atom is 4.00 e. The molecule has 0 radical (unpaired) electrons. The van der Waals surface area contributed by atoms with Crippen LogP contribution in [0, 0.1) is 12.3 Å². The average Bonchev–Trinajstić information content (AvgIpc) is 2.90. The van der Waals surface area contributed by atoms with Crippen LogP contribution in [0.4, 0.5) is 0 Å².